The topological polar surface area (TPSA) is 92.8 Å². The number of nitrogens with zero attached hydrogens (tertiary/aromatic N) is 1. The first-order valence-electron chi connectivity index (χ1n) is 11.1. The van der Waals surface area contributed by atoms with E-state index in [0.29, 0.717) is 22.5 Å². The Kier molecular flexibility index (Phi) is 7.31. The third-order valence-corrected chi connectivity index (χ3v) is 6.72. The predicted molar refractivity (Wildman–Crippen MR) is 135 cm³/mol. The molecule has 0 saturated carbocycles. The molecule has 1 aliphatic rings. The van der Waals surface area contributed by atoms with Gasteiger partial charge in [0.05, 0.1) is 23.1 Å². The fraction of sp³-hybridized carbons (Fsp3) is 0.185. The lowest BCUT2D eigenvalue weighted by molar-refractivity contribution is -0.121. The summed E-state index contributed by atoms with van der Waals surface area (Å²) >= 11 is 1.30. The van der Waals surface area contributed by atoms with Gasteiger partial charge in [0.25, 0.3) is 5.91 Å². The largest absolute Gasteiger partial charge is 0.462 e. The summed E-state index contributed by atoms with van der Waals surface area (Å²) in [5, 5.41) is 2.32. The third kappa shape index (κ3) is 5.44. The highest BCUT2D eigenvalue weighted by molar-refractivity contribution is 8.00. The van der Waals surface area contributed by atoms with Gasteiger partial charge in [-0.1, -0.05) is 18.2 Å². The van der Waals surface area contributed by atoms with E-state index in [9.17, 15) is 19.2 Å². The fourth-order valence-corrected chi connectivity index (χ4v) is 4.79. The Bertz CT molecular complexity index is 1270. The lowest BCUT2D eigenvalue weighted by Crippen LogP contribution is -2.31. The number of esters is 1. The molecule has 1 aliphatic heterocycles. The van der Waals surface area contributed by atoms with Crippen molar-refractivity contribution in [2.24, 2.45) is 0 Å². The van der Waals surface area contributed by atoms with Gasteiger partial charge in [0.2, 0.25) is 11.8 Å². The van der Waals surface area contributed by atoms with Gasteiger partial charge in [-0.2, -0.15) is 0 Å². The molecule has 0 aromatic heterocycles. The van der Waals surface area contributed by atoms with E-state index in [1.54, 1.807) is 37.3 Å². The predicted octanol–water partition coefficient (Wildman–Crippen LogP) is 4.85. The summed E-state index contributed by atoms with van der Waals surface area (Å²) in [6, 6.07) is 20.7. The molecule has 3 aromatic carbocycles. The summed E-state index contributed by atoms with van der Waals surface area (Å²) in [6.45, 7) is 3.87. The van der Waals surface area contributed by atoms with E-state index in [4.69, 9.17) is 4.74 Å². The maximum Gasteiger partial charge on any atom is 0.338 e. The van der Waals surface area contributed by atoms with Gasteiger partial charge < -0.3 is 10.1 Å². The number of amides is 3. The molecule has 35 heavy (non-hydrogen) atoms. The Hall–Kier alpha value is -3.91. The first-order chi connectivity index (χ1) is 16.9. The van der Waals surface area contributed by atoms with Crippen molar-refractivity contribution >= 4 is 46.8 Å². The van der Waals surface area contributed by atoms with Crippen molar-refractivity contribution in [1.82, 2.24) is 0 Å². The van der Waals surface area contributed by atoms with Crippen LogP contribution in [-0.4, -0.2) is 35.5 Å². The van der Waals surface area contributed by atoms with Crippen LogP contribution in [0.4, 0.5) is 11.4 Å². The van der Waals surface area contributed by atoms with E-state index in [1.165, 1.54) is 23.9 Å². The highest BCUT2D eigenvalue weighted by Crippen LogP contribution is 2.34. The standard InChI is InChI=1S/C27H24N2O5S/c1-3-34-27(33)18-8-12-20(13-9-18)29-24(30)16-23(26(29)32)35-21-14-10-19(11-15-21)28-25(31)22-7-5-4-6-17(22)2/h4-15,23H,3,16H2,1-2H3,(H,28,31). The zero-order chi connectivity index (χ0) is 24.9. The van der Waals surface area contributed by atoms with Gasteiger partial charge in [-0.15, -0.1) is 11.8 Å². The molecule has 0 bridgehead atoms. The van der Waals surface area contributed by atoms with Crippen LogP contribution in [0.3, 0.4) is 0 Å². The number of ether oxygens (including phenoxy) is 1. The minimum absolute atomic E-state index is 0.0783. The number of hydrogen-bond donors (Lipinski definition) is 1. The molecule has 7 nitrogen and oxygen atoms in total. The highest BCUT2D eigenvalue weighted by atomic mass is 32.2. The van der Waals surface area contributed by atoms with Gasteiger partial charge in [0.1, 0.15) is 0 Å². The normalized spacial score (nSPS) is 15.3. The van der Waals surface area contributed by atoms with Gasteiger partial charge in [0.15, 0.2) is 0 Å². The number of carbonyl (C=O) groups excluding carboxylic acids is 4. The molecule has 1 heterocycles. The Morgan fingerprint density at radius 3 is 2.34 bits per heavy atom. The minimum atomic E-state index is -0.556. The second-order valence-corrected chi connectivity index (χ2v) is 9.21. The summed E-state index contributed by atoms with van der Waals surface area (Å²) in [7, 11) is 0. The van der Waals surface area contributed by atoms with Crippen molar-refractivity contribution in [3.8, 4) is 0 Å². The van der Waals surface area contributed by atoms with Crippen molar-refractivity contribution < 1.29 is 23.9 Å². The van der Waals surface area contributed by atoms with E-state index in [1.807, 2.05) is 37.3 Å². The fourth-order valence-electron chi connectivity index (χ4n) is 3.74. The van der Waals surface area contributed by atoms with Crippen LogP contribution in [-0.2, 0) is 14.3 Å². The molecule has 0 spiro atoms. The van der Waals surface area contributed by atoms with E-state index < -0.39 is 11.2 Å². The third-order valence-electron chi connectivity index (χ3n) is 5.52. The molecule has 4 rings (SSSR count). The molecule has 1 N–H and O–H groups in total. The van der Waals surface area contributed by atoms with Crippen LogP contribution in [0.1, 0.15) is 39.6 Å². The van der Waals surface area contributed by atoms with Gasteiger partial charge in [0, 0.05) is 22.6 Å². The molecular weight excluding hydrogens is 464 g/mol. The molecule has 1 unspecified atom stereocenters. The zero-order valence-corrected chi connectivity index (χ0v) is 20.1. The van der Waals surface area contributed by atoms with Crippen LogP contribution in [0.15, 0.2) is 77.7 Å². The molecule has 1 fully saturated rings. The number of benzene rings is 3. The number of thioether (sulfide) groups is 1. The minimum Gasteiger partial charge on any atom is -0.462 e. The first kappa shape index (κ1) is 24.2. The van der Waals surface area contributed by atoms with Gasteiger partial charge in [-0.25, -0.2) is 9.69 Å². The average Bonchev–Trinajstić information content (AvgIpc) is 3.13. The molecule has 8 heteroatoms. The second kappa shape index (κ2) is 10.6. The zero-order valence-electron chi connectivity index (χ0n) is 19.3. The molecule has 1 atom stereocenters. The second-order valence-electron chi connectivity index (χ2n) is 7.94. The van der Waals surface area contributed by atoms with Crippen molar-refractivity contribution in [2.45, 2.75) is 30.4 Å². The quantitative estimate of drug-likeness (QED) is 0.378. The summed E-state index contributed by atoms with van der Waals surface area (Å²) in [5.41, 5.74) is 2.92. The number of aryl methyl sites for hydroxylation is 1. The summed E-state index contributed by atoms with van der Waals surface area (Å²) in [5.74, 6) is -1.24. The van der Waals surface area contributed by atoms with Crippen molar-refractivity contribution in [3.63, 3.8) is 0 Å². The number of nitrogens with one attached hydrogen (secondary N) is 1. The lowest BCUT2D eigenvalue weighted by Gasteiger charge is -2.15. The maximum atomic E-state index is 13.0. The van der Waals surface area contributed by atoms with Gasteiger partial charge in [-0.05, 0) is 74.0 Å². The molecular formula is C27H24N2O5S. The Morgan fingerprint density at radius 1 is 1.00 bits per heavy atom. The van der Waals surface area contributed by atoms with Crippen molar-refractivity contribution in [1.29, 1.82) is 0 Å². The van der Waals surface area contributed by atoms with Crippen molar-refractivity contribution in [2.75, 3.05) is 16.8 Å². The molecule has 0 aliphatic carbocycles. The number of hydrogen-bond acceptors (Lipinski definition) is 6. The molecule has 1 saturated heterocycles. The molecule has 178 valence electrons. The van der Waals surface area contributed by atoms with Gasteiger partial charge >= 0.3 is 5.97 Å². The van der Waals surface area contributed by atoms with Crippen LogP contribution in [0.5, 0.6) is 0 Å². The number of anilines is 2. The average molecular weight is 489 g/mol. The maximum absolute atomic E-state index is 13.0. The molecule has 3 aromatic rings. The van der Waals surface area contributed by atoms with Crippen LogP contribution in [0, 0.1) is 6.92 Å². The monoisotopic (exact) mass is 488 g/mol. The van der Waals surface area contributed by atoms with Crippen LogP contribution >= 0.6 is 11.8 Å². The number of imide groups is 1. The molecule has 0 radical (unpaired) electrons. The Labute approximate surface area is 207 Å². The van der Waals surface area contributed by atoms with Crippen LogP contribution in [0.2, 0.25) is 0 Å². The lowest BCUT2D eigenvalue weighted by atomic mass is 10.1. The van der Waals surface area contributed by atoms with Crippen LogP contribution < -0.4 is 10.2 Å². The first-order valence-corrected chi connectivity index (χ1v) is 12.0. The van der Waals surface area contributed by atoms with E-state index >= 15 is 0 Å². The van der Waals surface area contributed by atoms with E-state index in [2.05, 4.69) is 5.32 Å². The smallest absolute Gasteiger partial charge is 0.338 e. The van der Waals surface area contributed by atoms with Crippen molar-refractivity contribution in [3.05, 3.63) is 89.5 Å². The highest BCUT2D eigenvalue weighted by Gasteiger charge is 2.40. The van der Waals surface area contributed by atoms with E-state index in [0.717, 1.165) is 15.4 Å². The Morgan fingerprint density at radius 2 is 1.69 bits per heavy atom. The van der Waals surface area contributed by atoms with Gasteiger partial charge in [-0.3, -0.25) is 14.4 Å². The van der Waals surface area contributed by atoms with Crippen LogP contribution in [0.25, 0.3) is 0 Å². The number of rotatable bonds is 7. The Balaban J connectivity index is 1.39. The SMILES string of the molecule is CCOC(=O)c1ccc(N2C(=O)CC(Sc3ccc(NC(=O)c4ccccc4C)cc3)C2=O)cc1. The summed E-state index contributed by atoms with van der Waals surface area (Å²) < 4.78 is 4.96. The number of carbonyl (C=O) groups is 4. The van der Waals surface area contributed by atoms with E-state index in [-0.39, 0.29) is 30.7 Å². The summed E-state index contributed by atoms with van der Waals surface area (Å²) in [4.78, 5) is 51.9. The molecule has 3 amide bonds. The summed E-state index contributed by atoms with van der Waals surface area (Å²) in [6.07, 6.45) is 0.0783.